The lowest BCUT2D eigenvalue weighted by Crippen LogP contribution is -1.92. The third-order valence-corrected chi connectivity index (χ3v) is 3.47. The molecule has 2 aromatic heterocycles. The SMILES string of the molecule is OC(c1cccs1)c1cccs1. The minimum absolute atomic E-state index is 0.426. The van der Waals surface area contributed by atoms with Crippen molar-refractivity contribution in [1.82, 2.24) is 0 Å². The van der Waals surface area contributed by atoms with Crippen LogP contribution in [-0.4, -0.2) is 5.11 Å². The molecule has 12 heavy (non-hydrogen) atoms. The van der Waals surface area contributed by atoms with Crippen LogP contribution in [0, 0.1) is 0 Å². The lowest BCUT2D eigenvalue weighted by molar-refractivity contribution is 0.228. The molecular weight excluding hydrogens is 188 g/mol. The zero-order valence-electron chi connectivity index (χ0n) is 6.31. The van der Waals surface area contributed by atoms with E-state index in [4.69, 9.17) is 0 Å². The van der Waals surface area contributed by atoms with E-state index in [1.165, 1.54) is 0 Å². The molecule has 0 amide bonds. The van der Waals surface area contributed by atoms with Crippen LogP contribution < -0.4 is 0 Å². The second kappa shape index (κ2) is 3.39. The molecule has 0 spiro atoms. The van der Waals surface area contributed by atoms with Crippen molar-refractivity contribution < 1.29 is 5.11 Å². The third kappa shape index (κ3) is 1.43. The Kier molecular flexibility index (Phi) is 2.26. The molecule has 2 aromatic rings. The summed E-state index contributed by atoms with van der Waals surface area (Å²) in [4.78, 5) is 2.02. The molecule has 0 saturated carbocycles. The predicted octanol–water partition coefficient (Wildman–Crippen LogP) is 2.89. The Labute approximate surface area is 78.9 Å². The first kappa shape index (κ1) is 7.98. The molecule has 62 valence electrons. The van der Waals surface area contributed by atoms with Crippen LogP contribution in [0.3, 0.4) is 0 Å². The van der Waals surface area contributed by atoms with E-state index in [0.29, 0.717) is 0 Å². The van der Waals surface area contributed by atoms with Crippen molar-refractivity contribution in [2.24, 2.45) is 0 Å². The standard InChI is InChI=1S/C9H8OS2/c10-9(7-3-1-5-11-7)8-4-2-6-12-8/h1-6,9-10H. The van der Waals surface area contributed by atoms with Crippen LogP contribution in [-0.2, 0) is 0 Å². The van der Waals surface area contributed by atoms with Crippen molar-refractivity contribution in [2.75, 3.05) is 0 Å². The minimum Gasteiger partial charge on any atom is -0.382 e. The van der Waals surface area contributed by atoms with Gasteiger partial charge in [0, 0.05) is 9.75 Å². The van der Waals surface area contributed by atoms with Gasteiger partial charge in [-0.25, -0.2) is 0 Å². The molecule has 2 heterocycles. The summed E-state index contributed by atoms with van der Waals surface area (Å²) in [6.07, 6.45) is -0.426. The molecule has 3 heteroatoms. The van der Waals surface area contributed by atoms with Crippen molar-refractivity contribution in [2.45, 2.75) is 6.10 Å². The Balaban J connectivity index is 2.27. The second-order valence-corrected chi connectivity index (χ2v) is 4.39. The minimum atomic E-state index is -0.426. The lowest BCUT2D eigenvalue weighted by Gasteiger charge is -2.03. The van der Waals surface area contributed by atoms with Gasteiger partial charge in [-0.2, -0.15) is 0 Å². The Hall–Kier alpha value is -0.640. The van der Waals surface area contributed by atoms with Gasteiger partial charge in [-0.1, -0.05) is 12.1 Å². The zero-order chi connectivity index (χ0) is 8.39. The maximum atomic E-state index is 9.79. The molecule has 0 aromatic carbocycles. The van der Waals surface area contributed by atoms with Crippen molar-refractivity contribution in [1.29, 1.82) is 0 Å². The molecule has 0 aliphatic carbocycles. The van der Waals surface area contributed by atoms with E-state index >= 15 is 0 Å². The molecule has 0 aliphatic rings. The second-order valence-electron chi connectivity index (χ2n) is 2.43. The molecule has 0 saturated heterocycles. The highest BCUT2D eigenvalue weighted by Crippen LogP contribution is 2.28. The van der Waals surface area contributed by atoms with Crippen LogP contribution in [0.15, 0.2) is 35.0 Å². The summed E-state index contributed by atoms with van der Waals surface area (Å²) >= 11 is 3.17. The van der Waals surface area contributed by atoms with Gasteiger partial charge in [0.05, 0.1) is 0 Å². The van der Waals surface area contributed by atoms with Crippen LogP contribution in [0.25, 0.3) is 0 Å². The Morgan fingerprint density at radius 2 is 1.50 bits per heavy atom. The summed E-state index contributed by atoms with van der Waals surface area (Å²) in [5.41, 5.74) is 0. The van der Waals surface area contributed by atoms with Gasteiger partial charge in [-0.3, -0.25) is 0 Å². The van der Waals surface area contributed by atoms with E-state index in [9.17, 15) is 5.11 Å². The van der Waals surface area contributed by atoms with Crippen LogP contribution in [0.4, 0.5) is 0 Å². The average molecular weight is 196 g/mol. The number of rotatable bonds is 2. The molecule has 0 fully saturated rings. The summed E-state index contributed by atoms with van der Waals surface area (Å²) in [6, 6.07) is 7.82. The molecule has 1 nitrogen and oxygen atoms in total. The maximum Gasteiger partial charge on any atom is 0.122 e. The van der Waals surface area contributed by atoms with Crippen molar-refractivity contribution in [3.63, 3.8) is 0 Å². The normalized spacial score (nSPS) is 10.8. The Morgan fingerprint density at radius 1 is 1.00 bits per heavy atom. The lowest BCUT2D eigenvalue weighted by atomic mass is 10.2. The van der Waals surface area contributed by atoms with E-state index in [-0.39, 0.29) is 0 Å². The topological polar surface area (TPSA) is 20.2 Å². The summed E-state index contributed by atoms with van der Waals surface area (Å²) in [5, 5.41) is 13.7. The van der Waals surface area contributed by atoms with Gasteiger partial charge in [0.15, 0.2) is 0 Å². The molecule has 0 aliphatic heterocycles. The first-order chi connectivity index (χ1) is 5.88. The van der Waals surface area contributed by atoms with Crippen molar-refractivity contribution in [3.8, 4) is 0 Å². The van der Waals surface area contributed by atoms with Gasteiger partial charge < -0.3 is 5.11 Å². The first-order valence-corrected chi connectivity index (χ1v) is 5.39. The smallest absolute Gasteiger partial charge is 0.122 e. The number of aliphatic hydroxyl groups excluding tert-OH is 1. The van der Waals surface area contributed by atoms with Gasteiger partial charge in [0.1, 0.15) is 6.10 Å². The fourth-order valence-corrected chi connectivity index (χ4v) is 2.56. The summed E-state index contributed by atoms with van der Waals surface area (Å²) in [6.45, 7) is 0. The van der Waals surface area contributed by atoms with Gasteiger partial charge in [-0.15, -0.1) is 22.7 Å². The molecule has 0 unspecified atom stereocenters. The van der Waals surface area contributed by atoms with Crippen LogP contribution >= 0.6 is 22.7 Å². The molecule has 2 rings (SSSR count). The number of hydrogen-bond donors (Lipinski definition) is 1. The first-order valence-electron chi connectivity index (χ1n) is 3.63. The molecular formula is C9H8OS2. The van der Waals surface area contributed by atoms with E-state index in [2.05, 4.69) is 0 Å². The van der Waals surface area contributed by atoms with Gasteiger partial charge in [-0.05, 0) is 22.9 Å². The average Bonchev–Trinajstić information content (AvgIpc) is 2.77. The largest absolute Gasteiger partial charge is 0.382 e. The fourth-order valence-electron chi connectivity index (χ4n) is 1.03. The quantitative estimate of drug-likeness (QED) is 0.783. The fraction of sp³-hybridized carbons (Fsp3) is 0.111. The van der Waals surface area contributed by atoms with E-state index in [1.807, 2.05) is 35.0 Å². The number of hydrogen-bond acceptors (Lipinski definition) is 3. The predicted molar refractivity (Wildman–Crippen MR) is 52.7 cm³/mol. The van der Waals surface area contributed by atoms with Crippen molar-refractivity contribution in [3.05, 3.63) is 44.8 Å². The number of aliphatic hydroxyl groups is 1. The Morgan fingerprint density at radius 3 is 1.83 bits per heavy atom. The van der Waals surface area contributed by atoms with Crippen molar-refractivity contribution >= 4 is 22.7 Å². The van der Waals surface area contributed by atoms with Crippen LogP contribution in [0.2, 0.25) is 0 Å². The molecule has 0 radical (unpaired) electrons. The van der Waals surface area contributed by atoms with Gasteiger partial charge in [0.25, 0.3) is 0 Å². The third-order valence-electron chi connectivity index (χ3n) is 1.63. The zero-order valence-corrected chi connectivity index (χ0v) is 7.94. The highest BCUT2D eigenvalue weighted by atomic mass is 32.1. The van der Waals surface area contributed by atoms with E-state index in [1.54, 1.807) is 22.7 Å². The summed E-state index contributed by atoms with van der Waals surface area (Å²) in [7, 11) is 0. The Bertz CT molecular complexity index is 289. The molecule has 1 N–H and O–H groups in total. The maximum absolute atomic E-state index is 9.79. The highest BCUT2D eigenvalue weighted by Gasteiger charge is 2.11. The number of thiophene rings is 2. The van der Waals surface area contributed by atoms with Gasteiger partial charge in [0.2, 0.25) is 0 Å². The van der Waals surface area contributed by atoms with Crippen LogP contribution in [0.1, 0.15) is 15.9 Å². The van der Waals surface area contributed by atoms with Crippen LogP contribution in [0.5, 0.6) is 0 Å². The highest BCUT2D eigenvalue weighted by molar-refractivity contribution is 7.11. The monoisotopic (exact) mass is 196 g/mol. The van der Waals surface area contributed by atoms with Gasteiger partial charge >= 0.3 is 0 Å². The summed E-state index contributed by atoms with van der Waals surface area (Å²) in [5.74, 6) is 0. The molecule has 0 atom stereocenters. The van der Waals surface area contributed by atoms with E-state index in [0.717, 1.165) is 9.75 Å². The molecule has 0 bridgehead atoms. The summed E-state index contributed by atoms with van der Waals surface area (Å²) < 4.78 is 0. The van der Waals surface area contributed by atoms with E-state index < -0.39 is 6.10 Å².